The molecular formula is C17H16NO2. The van der Waals surface area contributed by atoms with Crippen molar-refractivity contribution in [2.45, 2.75) is 19.1 Å². The molecule has 0 amide bonds. The number of carbonyl (C=O) groups is 1. The molecule has 0 aliphatic carbocycles. The van der Waals surface area contributed by atoms with Crippen LogP contribution in [0.5, 0.6) is 0 Å². The van der Waals surface area contributed by atoms with E-state index in [-0.39, 0.29) is 18.4 Å². The predicted molar refractivity (Wildman–Crippen MR) is 76.8 cm³/mol. The molecule has 2 aromatic rings. The minimum absolute atomic E-state index is 0.0529. The third kappa shape index (κ3) is 2.89. The standard InChI is InChI=1S/C17H16NO2/c19-17(12-20-11-13-6-2-1-3-7-13)16-10-14-8-4-5-9-15(14)18-16/h1-9,16H,10-12H2. The van der Waals surface area contributed by atoms with Gasteiger partial charge in [0.2, 0.25) is 0 Å². The lowest BCUT2D eigenvalue weighted by atomic mass is 10.1. The van der Waals surface area contributed by atoms with Gasteiger partial charge in [-0.15, -0.1) is 0 Å². The van der Waals surface area contributed by atoms with Crippen LogP contribution in [0.3, 0.4) is 0 Å². The lowest BCUT2D eigenvalue weighted by Gasteiger charge is -2.08. The molecule has 1 heterocycles. The summed E-state index contributed by atoms with van der Waals surface area (Å²) in [7, 11) is 0. The topological polar surface area (TPSA) is 40.4 Å². The Morgan fingerprint density at radius 1 is 1.10 bits per heavy atom. The number of fused-ring (bicyclic) bond motifs is 1. The van der Waals surface area contributed by atoms with Gasteiger partial charge in [-0.1, -0.05) is 48.5 Å². The smallest absolute Gasteiger partial charge is 0.183 e. The van der Waals surface area contributed by atoms with Gasteiger partial charge in [0.05, 0.1) is 12.3 Å². The summed E-state index contributed by atoms with van der Waals surface area (Å²) in [5.74, 6) is 0.0529. The largest absolute Gasteiger partial charge is 0.369 e. The zero-order chi connectivity index (χ0) is 13.8. The minimum Gasteiger partial charge on any atom is -0.369 e. The van der Waals surface area contributed by atoms with E-state index in [1.165, 1.54) is 0 Å². The summed E-state index contributed by atoms with van der Waals surface area (Å²) in [5, 5.41) is 4.45. The molecule has 1 aliphatic rings. The number of carbonyl (C=O) groups excluding carboxylic acids is 1. The minimum atomic E-state index is -0.275. The van der Waals surface area contributed by atoms with Crippen LogP contribution in [0.4, 0.5) is 5.69 Å². The summed E-state index contributed by atoms with van der Waals surface area (Å²) in [6.07, 6.45) is 0.698. The molecule has 1 radical (unpaired) electrons. The molecule has 0 bridgehead atoms. The van der Waals surface area contributed by atoms with Gasteiger partial charge in [-0.2, -0.15) is 0 Å². The van der Waals surface area contributed by atoms with Crippen molar-refractivity contribution in [3.8, 4) is 0 Å². The molecular weight excluding hydrogens is 250 g/mol. The second kappa shape index (κ2) is 5.88. The highest BCUT2D eigenvalue weighted by Crippen LogP contribution is 2.25. The van der Waals surface area contributed by atoms with Gasteiger partial charge in [0.1, 0.15) is 12.6 Å². The number of rotatable bonds is 5. The first kappa shape index (κ1) is 12.9. The van der Waals surface area contributed by atoms with Crippen LogP contribution in [0, 0.1) is 0 Å². The molecule has 20 heavy (non-hydrogen) atoms. The Labute approximate surface area is 118 Å². The van der Waals surface area contributed by atoms with Crippen molar-refractivity contribution < 1.29 is 9.53 Å². The molecule has 3 rings (SSSR count). The molecule has 1 atom stereocenters. The zero-order valence-corrected chi connectivity index (χ0v) is 11.2. The van der Waals surface area contributed by atoms with Crippen molar-refractivity contribution in [1.82, 2.24) is 5.32 Å². The number of ether oxygens (including phenoxy) is 1. The number of para-hydroxylation sites is 1. The number of benzene rings is 2. The van der Waals surface area contributed by atoms with Crippen molar-refractivity contribution >= 4 is 11.5 Å². The maximum Gasteiger partial charge on any atom is 0.183 e. The monoisotopic (exact) mass is 266 g/mol. The van der Waals surface area contributed by atoms with Gasteiger partial charge >= 0.3 is 0 Å². The number of ketones is 1. The lowest BCUT2D eigenvalue weighted by molar-refractivity contribution is -0.125. The van der Waals surface area contributed by atoms with Gasteiger partial charge in [0.15, 0.2) is 5.78 Å². The van der Waals surface area contributed by atoms with Crippen LogP contribution < -0.4 is 5.32 Å². The normalized spacial score (nSPS) is 16.5. The van der Waals surface area contributed by atoms with Gasteiger partial charge in [0.25, 0.3) is 0 Å². The molecule has 3 nitrogen and oxygen atoms in total. The average molecular weight is 266 g/mol. The van der Waals surface area contributed by atoms with Crippen molar-refractivity contribution in [2.75, 3.05) is 6.61 Å². The van der Waals surface area contributed by atoms with Gasteiger partial charge < -0.3 is 4.74 Å². The first-order valence-corrected chi connectivity index (χ1v) is 6.76. The maximum absolute atomic E-state index is 12.1. The van der Waals surface area contributed by atoms with Crippen molar-refractivity contribution in [1.29, 1.82) is 0 Å². The van der Waals surface area contributed by atoms with Gasteiger partial charge in [0, 0.05) is 6.42 Å². The zero-order valence-electron chi connectivity index (χ0n) is 11.2. The molecule has 1 unspecified atom stereocenters. The van der Waals surface area contributed by atoms with Gasteiger partial charge in [-0.25, -0.2) is 0 Å². The molecule has 1 aliphatic heterocycles. The number of hydrogen-bond acceptors (Lipinski definition) is 2. The van der Waals surface area contributed by atoms with Crippen LogP contribution in [0.15, 0.2) is 54.6 Å². The van der Waals surface area contributed by atoms with Crippen molar-refractivity contribution in [2.24, 2.45) is 0 Å². The molecule has 3 heteroatoms. The van der Waals surface area contributed by atoms with E-state index in [9.17, 15) is 4.79 Å². The van der Waals surface area contributed by atoms with Crippen LogP contribution >= 0.6 is 0 Å². The number of hydrogen-bond donors (Lipinski definition) is 0. The lowest BCUT2D eigenvalue weighted by Crippen LogP contribution is -2.29. The maximum atomic E-state index is 12.1. The quantitative estimate of drug-likeness (QED) is 0.834. The van der Waals surface area contributed by atoms with Crippen LogP contribution in [0.2, 0.25) is 0 Å². The van der Waals surface area contributed by atoms with E-state index in [4.69, 9.17) is 4.74 Å². The molecule has 2 aromatic carbocycles. The van der Waals surface area contributed by atoms with E-state index >= 15 is 0 Å². The fraction of sp³-hybridized carbons (Fsp3) is 0.235. The Kier molecular flexibility index (Phi) is 3.79. The first-order chi connectivity index (χ1) is 9.83. The fourth-order valence-electron chi connectivity index (χ4n) is 2.36. The summed E-state index contributed by atoms with van der Waals surface area (Å²) in [6.45, 7) is 0.587. The van der Waals surface area contributed by atoms with E-state index < -0.39 is 0 Å². The molecule has 0 fully saturated rings. The second-order valence-corrected chi connectivity index (χ2v) is 4.92. The van der Waals surface area contributed by atoms with E-state index in [1.54, 1.807) is 0 Å². The van der Waals surface area contributed by atoms with Crippen LogP contribution in [-0.2, 0) is 22.6 Å². The highest BCUT2D eigenvalue weighted by atomic mass is 16.5. The third-order valence-corrected chi connectivity index (χ3v) is 3.43. The Bertz CT molecular complexity index is 570. The summed E-state index contributed by atoms with van der Waals surface area (Å²) in [6, 6.07) is 17.5. The van der Waals surface area contributed by atoms with E-state index in [1.807, 2.05) is 54.6 Å². The number of nitrogens with zero attached hydrogens (tertiary/aromatic N) is 1. The molecule has 0 spiro atoms. The molecule has 101 valence electrons. The van der Waals surface area contributed by atoms with Gasteiger partial charge in [-0.05, 0) is 17.2 Å². The molecule has 0 saturated carbocycles. The molecule has 0 aromatic heterocycles. The van der Waals surface area contributed by atoms with E-state index in [2.05, 4.69) is 5.32 Å². The molecule has 0 saturated heterocycles. The second-order valence-electron chi connectivity index (χ2n) is 4.92. The Morgan fingerprint density at radius 3 is 2.65 bits per heavy atom. The van der Waals surface area contributed by atoms with E-state index in [0.717, 1.165) is 16.8 Å². The van der Waals surface area contributed by atoms with Crippen LogP contribution in [-0.4, -0.2) is 18.4 Å². The van der Waals surface area contributed by atoms with E-state index in [0.29, 0.717) is 13.0 Å². The predicted octanol–water partition coefficient (Wildman–Crippen LogP) is 2.63. The highest BCUT2D eigenvalue weighted by molar-refractivity contribution is 5.87. The first-order valence-electron chi connectivity index (χ1n) is 6.76. The Balaban J connectivity index is 1.49. The summed E-state index contributed by atoms with van der Waals surface area (Å²) >= 11 is 0. The SMILES string of the molecule is O=C(COCc1ccccc1)C1Cc2ccccc2[N]1. The van der Waals surface area contributed by atoms with Crippen molar-refractivity contribution in [3.05, 3.63) is 65.7 Å². The Hall–Kier alpha value is -2.13. The number of Topliss-reactive ketones (excluding diaryl/α,β-unsaturated/α-hetero) is 1. The average Bonchev–Trinajstić information content (AvgIpc) is 2.92. The van der Waals surface area contributed by atoms with Gasteiger partial charge in [-0.3, -0.25) is 10.1 Å². The summed E-state index contributed by atoms with van der Waals surface area (Å²) < 4.78 is 5.48. The Morgan fingerprint density at radius 2 is 1.85 bits per heavy atom. The van der Waals surface area contributed by atoms with Crippen LogP contribution in [0.25, 0.3) is 0 Å². The summed E-state index contributed by atoms with van der Waals surface area (Å²) in [4.78, 5) is 12.1. The third-order valence-electron chi connectivity index (χ3n) is 3.43. The summed E-state index contributed by atoms with van der Waals surface area (Å²) in [5.41, 5.74) is 3.16. The fourth-order valence-corrected chi connectivity index (χ4v) is 2.36. The molecule has 0 N–H and O–H groups in total. The highest BCUT2D eigenvalue weighted by Gasteiger charge is 2.27. The van der Waals surface area contributed by atoms with Crippen molar-refractivity contribution in [3.63, 3.8) is 0 Å². The van der Waals surface area contributed by atoms with Crippen LogP contribution in [0.1, 0.15) is 11.1 Å².